The molecule has 3 rings (SSSR count). The van der Waals surface area contributed by atoms with Gasteiger partial charge < -0.3 is 19.7 Å². The molecule has 0 atom stereocenters. The zero-order valence-electron chi connectivity index (χ0n) is 16.7. The number of nitrogens with one attached hydrogen (secondary N) is 1. The Balaban J connectivity index is 1.68. The summed E-state index contributed by atoms with van der Waals surface area (Å²) < 4.78 is 10.6. The molecule has 2 amide bonds. The molecule has 6 heteroatoms. The number of nitrogens with zero attached hydrogens (tertiary/aromatic N) is 1. The summed E-state index contributed by atoms with van der Waals surface area (Å²) in [4.78, 5) is 26.4. The Morgan fingerprint density at radius 1 is 1.07 bits per heavy atom. The average Bonchev–Trinajstić information content (AvgIpc) is 3.12. The molecule has 0 unspecified atom stereocenters. The zero-order valence-corrected chi connectivity index (χ0v) is 16.7. The van der Waals surface area contributed by atoms with Crippen LogP contribution in [0.25, 0.3) is 0 Å². The zero-order chi connectivity index (χ0) is 20.3. The van der Waals surface area contributed by atoms with Gasteiger partial charge in [0.15, 0.2) is 11.5 Å². The van der Waals surface area contributed by atoms with Crippen LogP contribution in [0.2, 0.25) is 0 Å². The molecule has 0 saturated carbocycles. The van der Waals surface area contributed by atoms with E-state index in [1.54, 1.807) is 30.0 Å². The number of rotatable bonds is 5. The highest BCUT2D eigenvalue weighted by atomic mass is 16.7. The van der Waals surface area contributed by atoms with E-state index in [9.17, 15) is 9.59 Å². The van der Waals surface area contributed by atoms with Crippen molar-refractivity contribution in [3.8, 4) is 11.5 Å². The molecule has 28 heavy (non-hydrogen) atoms. The summed E-state index contributed by atoms with van der Waals surface area (Å²) >= 11 is 0. The fraction of sp³-hybridized carbons (Fsp3) is 0.364. The quantitative estimate of drug-likeness (QED) is 0.859. The van der Waals surface area contributed by atoms with Gasteiger partial charge in [-0.05, 0) is 35.2 Å². The maximum absolute atomic E-state index is 12.4. The first-order chi connectivity index (χ1) is 13.3. The lowest BCUT2D eigenvalue weighted by molar-refractivity contribution is -0.116. The number of benzene rings is 2. The molecule has 2 aromatic rings. The van der Waals surface area contributed by atoms with Crippen molar-refractivity contribution in [2.75, 3.05) is 24.8 Å². The maximum Gasteiger partial charge on any atom is 0.251 e. The second-order valence-corrected chi connectivity index (χ2v) is 7.76. The predicted molar refractivity (Wildman–Crippen MR) is 108 cm³/mol. The lowest BCUT2D eigenvalue weighted by Gasteiger charge is -2.29. The largest absolute Gasteiger partial charge is 0.454 e. The Labute approximate surface area is 165 Å². The Morgan fingerprint density at radius 3 is 2.50 bits per heavy atom. The van der Waals surface area contributed by atoms with E-state index >= 15 is 0 Å². The molecular formula is C22H26N2O4. The van der Waals surface area contributed by atoms with E-state index in [1.165, 1.54) is 0 Å². The highest BCUT2D eigenvalue weighted by molar-refractivity contribution is 5.95. The van der Waals surface area contributed by atoms with Crippen LogP contribution in [0.15, 0.2) is 42.5 Å². The van der Waals surface area contributed by atoms with Crippen molar-refractivity contribution in [3.05, 3.63) is 53.6 Å². The predicted octanol–water partition coefficient (Wildman–Crippen LogP) is 3.50. The van der Waals surface area contributed by atoms with Crippen molar-refractivity contribution in [2.45, 2.75) is 33.1 Å². The molecule has 1 heterocycles. The number of carbonyl (C=O) groups is 2. The smallest absolute Gasteiger partial charge is 0.251 e. The molecule has 1 aliphatic rings. The van der Waals surface area contributed by atoms with Crippen LogP contribution in [0.3, 0.4) is 0 Å². The van der Waals surface area contributed by atoms with E-state index in [4.69, 9.17) is 9.47 Å². The van der Waals surface area contributed by atoms with Gasteiger partial charge in [-0.3, -0.25) is 9.59 Å². The van der Waals surface area contributed by atoms with Crippen LogP contribution in [-0.2, 0) is 10.2 Å². The molecule has 6 nitrogen and oxygen atoms in total. The minimum atomic E-state index is -0.217. The second kappa shape index (κ2) is 7.92. The number of carbonyl (C=O) groups excluding carboxylic acids is 2. The van der Waals surface area contributed by atoms with Gasteiger partial charge in [0.1, 0.15) is 0 Å². The number of anilines is 1. The normalized spacial score (nSPS) is 12.6. The Hall–Kier alpha value is -3.02. The van der Waals surface area contributed by atoms with Gasteiger partial charge in [-0.2, -0.15) is 0 Å². The van der Waals surface area contributed by atoms with E-state index in [0.717, 1.165) is 11.3 Å². The fourth-order valence-corrected chi connectivity index (χ4v) is 3.21. The molecule has 0 bridgehead atoms. The lowest BCUT2D eigenvalue weighted by atomic mass is 9.85. The van der Waals surface area contributed by atoms with E-state index in [0.29, 0.717) is 30.2 Å². The first-order valence-electron chi connectivity index (χ1n) is 9.33. The van der Waals surface area contributed by atoms with Gasteiger partial charge >= 0.3 is 0 Å². The molecule has 0 aliphatic carbocycles. The maximum atomic E-state index is 12.4. The summed E-state index contributed by atoms with van der Waals surface area (Å²) in [6.07, 6.45) is 0. The van der Waals surface area contributed by atoms with E-state index in [1.807, 2.05) is 24.3 Å². The standard InChI is InChI=1S/C22H26N2O4/c1-15(25)24(18-8-6-5-7-17(18)22(2,3)4)12-11-23-21(26)16-9-10-19-20(13-16)28-14-27-19/h5-10,13H,11-12,14H2,1-4H3,(H,23,26). The Morgan fingerprint density at radius 2 is 1.79 bits per heavy atom. The van der Waals surface area contributed by atoms with Gasteiger partial charge in [0, 0.05) is 31.3 Å². The first-order valence-corrected chi connectivity index (χ1v) is 9.33. The summed E-state index contributed by atoms with van der Waals surface area (Å²) in [6.45, 7) is 8.78. The first kappa shape index (κ1) is 19.7. The number of para-hydroxylation sites is 1. The molecule has 2 aromatic carbocycles. The van der Waals surface area contributed by atoms with Crippen LogP contribution in [0.4, 0.5) is 5.69 Å². The minimum Gasteiger partial charge on any atom is -0.454 e. The van der Waals surface area contributed by atoms with Gasteiger partial charge in [-0.1, -0.05) is 39.0 Å². The molecular weight excluding hydrogens is 356 g/mol. The van der Waals surface area contributed by atoms with Crippen LogP contribution in [0, 0.1) is 0 Å². The Kier molecular flexibility index (Phi) is 5.58. The van der Waals surface area contributed by atoms with Crippen molar-refractivity contribution < 1.29 is 19.1 Å². The summed E-state index contributed by atoms with van der Waals surface area (Å²) in [6, 6.07) is 13.0. The van der Waals surface area contributed by atoms with Crippen LogP contribution in [-0.4, -0.2) is 31.7 Å². The summed E-state index contributed by atoms with van der Waals surface area (Å²) in [5.74, 6) is 0.926. The van der Waals surface area contributed by atoms with Crippen LogP contribution < -0.4 is 19.7 Å². The van der Waals surface area contributed by atoms with Crippen molar-refractivity contribution >= 4 is 17.5 Å². The summed E-state index contributed by atoms with van der Waals surface area (Å²) in [5.41, 5.74) is 2.36. The molecule has 0 aromatic heterocycles. The molecule has 148 valence electrons. The van der Waals surface area contributed by atoms with Gasteiger partial charge in [-0.15, -0.1) is 0 Å². The summed E-state index contributed by atoms with van der Waals surface area (Å²) in [5, 5.41) is 2.87. The average molecular weight is 382 g/mol. The molecule has 1 aliphatic heterocycles. The highest BCUT2D eigenvalue weighted by Crippen LogP contribution is 2.33. The third kappa shape index (κ3) is 4.27. The fourth-order valence-electron chi connectivity index (χ4n) is 3.21. The van der Waals surface area contributed by atoms with Crippen molar-refractivity contribution in [3.63, 3.8) is 0 Å². The number of ether oxygens (including phenoxy) is 2. The second-order valence-electron chi connectivity index (χ2n) is 7.76. The molecule has 0 fully saturated rings. The molecule has 0 spiro atoms. The number of amides is 2. The lowest BCUT2D eigenvalue weighted by Crippen LogP contribution is -2.38. The van der Waals surface area contributed by atoms with E-state index in [-0.39, 0.29) is 24.0 Å². The minimum absolute atomic E-state index is 0.0611. The van der Waals surface area contributed by atoms with Crippen LogP contribution in [0.1, 0.15) is 43.6 Å². The number of fused-ring (bicyclic) bond motifs is 1. The van der Waals surface area contributed by atoms with Gasteiger partial charge in [0.2, 0.25) is 12.7 Å². The topological polar surface area (TPSA) is 67.9 Å². The van der Waals surface area contributed by atoms with Gasteiger partial charge in [0.25, 0.3) is 5.91 Å². The summed E-state index contributed by atoms with van der Waals surface area (Å²) in [7, 11) is 0. The molecule has 1 N–H and O–H groups in total. The highest BCUT2D eigenvalue weighted by Gasteiger charge is 2.23. The van der Waals surface area contributed by atoms with Crippen molar-refractivity contribution in [2.24, 2.45) is 0 Å². The number of hydrogen-bond donors (Lipinski definition) is 1. The Bertz CT molecular complexity index is 886. The molecule has 0 saturated heterocycles. The van der Waals surface area contributed by atoms with E-state index < -0.39 is 0 Å². The monoisotopic (exact) mass is 382 g/mol. The van der Waals surface area contributed by atoms with E-state index in [2.05, 4.69) is 26.1 Å². The van der Waals surface area contributed by atoms with Crippen molar-refractivity contribution in [1.82, 2.24) is 5.32 Å². The third-order valence-corrected chi connectivity index (χ3v) is 4.64. The number of hydrogen-bond acceptors (Lipinski definition) is 4. The van der Waals surface area contributed by atoms with Gasteiger partial charge in [0.05, 0.1) is 0 Å². The van der Waals surface area contributed by atoms with Crippen molar-refractivity contribution in [1.29, 1.82) is 0 Å². The molecule has 0 radical (unpaired) electrons. The SMILES string of the molecule is CC(=O)N(CCNC(=O)c1ccc2c(c1)OCO2)c1ccccc1C(C)(C)C. The van der Waals surface area contributed by atoms with Crippen LogP contribution >= 0.6 is 0 Å². The third-order valence-electron chi connectivity index (χ3n) is 4.64. The van der Waals surface area contributed by atoms with Crippen LogP contribution in [0.5, 0.6) is 11.5 Å². The van der Waals surface area contributed by atoms with Gasteiger partial charge in [-0.25, -0.2) is 0 Å².